The standard InChI is InChI=1S/C28H29NO8/c1-33-22-12-10-19(9-6-18-15-23(34-2)27(36-4)24(16-18)35-3)26(28(22)37-5)29-25(32)13-8-17-7-11-20(30)21(31)14-17/h6-16,30-31H,1-5H3,(H,29,32)/b9-6?,13-8+. The Labute approximate surface area is 215 Å². The van der Waals surface area contributed by atoms with Crippen molar-refractivity contribution in [2.24, 2.45) is 0 Å². The third-order valence-corrected chi connectivity index (χ3v) is 5.40. The van der Waals surface area contributed by atoms with E-state index in [2.05, 4.69) is 5.32 Å². The van der Waals surface area contributed by atoms with Gasteiger partial charge in [-0.2, -0.15) is 0 Å². The van der Waals surface area contributed by atoms with Gasteiger partial charge in [0.05, 0.1) is 41.2 Å². The highest BCUT2D eigenvalue weighted by Gasteiger charge is 2.16. The number of rotatable bonds is 10. The van der Waals surface area contributed by atoms with Gasteiger partial charge in [0.25, 0.3) is 0 Å². The second-order valence-corrected chi connectivity index (χ2v) is 7.63. The van der Waals surface area contributed by atoms with Crippen molar-refractivity contribution in [3.8, 4) is 40.2 Å². The summed E-state index contributed by atoms with van der Waals surface area (Å²) in [5, 5.41) is 22.0. The van der Waals surface area contributed by atoms with Crippen LogP contribution in [-0.2, 0) is 4.79 Å². The number of carbonyl (C=O) groups is 1. The lowest BCUT2D eigenvalue weighted by molar-refractivity contribution is -0.111. The van der Waals surface area contributed by atoms with Crippen LogP contribution < -0.4 is 29.0 Å². The number of phenolic OH excluding ortho intramolecular Hbond substituents is 2. The molecule has 0 spiro atoms. The van der Waals surface area contributed by atoms with Gasteiger partial charge in [0, 0.05) is 11.6 Å². The SMILES string of the molecule is COc1cc(C=Cc2ccc(OC)c(OC)c2NC(=O)/C=C/c2ccc(O)c(O)c2)cc(OC)c1OC. The summed E-state index contributed by atoms with van der Waals surface area (Å²) in [6.45, 7) is 0. The van der Waals surface area contributed by atoms with Crippen LogP contribution in [0.4, 0.5) is 5.69 Å². The maximum atomic E-state index is 12.8. The second-order valence-electron chi connectivity index (χ2n) is 7.63. The molecule has 0 aromatic heterocycles. The molecule has 0 atom stereocenters. The zero-order valence-corrected chi connectivity index (χ0v) is 21.2. The highest BCUT2D eigenvalue weighted by atomic mass is 16.5. The van der Waals surface area contributed by atoms with E-state index < -0.39 is 5.91 Å². The first-order valence-corrected chi connectivity index (χ1v) is 11.1. The Morgan fingerprint density at radius 2 is 1.32 bits per heavy atom. The average Bonchev–Trinajstić information content (AvgIpc) is 2.91. The molecule has 3 rings (SSSR count). The van der Waals surface area contributed by atoms with E-state index in [0.29, 0.717) is 45.6 Å². The number of nitrogens with one attached hydrogen (secondary N) is 1. The lowest BCUT2D eigenvalue weighted by Crippen LogP contribution is -2.11. The number of carbonyl (C=O) groups excluding carboxylic acids is 1. The first-order valence-electron chi connectivity index (χ1n) is 11.1. The van der Waals surface area contributed by atoms with Crippen LogP contribution in [0, 0.1) is 0 Å². The molecule has 0 aliphatic carbocycles. The number of hydrogen-bond acceptors (Lipinski definition) is 8. The zero-order valence-electron chi connectivity index (χ0n) is 21.2. The highest BCUT2D eigenvalue weighted by Crippen LogP contribution is 2.41. The van der Waals surface area contributed by atoms with Gasteiger partial charge >= 0.3 is 0 Å². The van der Waals surface area contributed by atoms with Crippen LogP contribution in [0.1, 0.15) is 16.7 Å². The van der Waals surface area contributed by atoms with E-state index in [1.165, 1.54) is 45.6 Å². The molecule has 0 fully saturated rings. The van der Waals surface area contributed by atoms with Gasteiger partial charge in [0.15, 0.2) is 34.5 Å². The number of phenols is 2. The van der Waals surface area contributed by atoms with Crippen molar-refractivity contribution in [3.05, 3.63) is 65.2 Å². The van der Waals surface area contributed by atoms with Gasteiger partial charge in [-0.25, -0.2) is 0 Å². The van der Waals surface area contributed by atoms with Crippen molar-refractivity contribution >= 4 is 29.8 Å². The Morgan fingerprint density at radius 3 is 1.89 bits per heavy atom. The van der Waals surface area contributed by atoms with Gasteiger partial charge in [0.2, 0.25) is 11.7 Å². The first-order chi connectivity index (χ1) is 17.8. The fraction of sp³-hybridized carbons (Fsp3) is 0.179. The summed E-state index contributed by atoms with van der Waals surface area (Å²) in [5.41, 5.74) is 2.35. The molecule has 0 bridgehead atoms. The lowest BCUT2D eigenvalue weighted by Gasteiger charge is -2.16. The van der Waals surface area contributed by atoms with E-state index >= 15 is 0 Å². The molecule has 194 valence electrons. The molecule has 1 amide bonds. The Morgan fingerprint density at radius 1 is 0.676 bits per heavy atom. The van der Waals surface area contributed by atoms with Crippen LogP contribution in [0.5, 0.6) is 40.2 Å². The van der Waals surface area contributed by atoms with Gasteiger partial charge in [-0.05, 0) is 53.6 Å². The molecular weight excluding hydrogens is 478 g/mol. The molecule has 3 N–H and O–H groups in total. The van der Waals surface area contributed by atoms with Gasteiger partial charge in [-0.15, -0.1) is 0 Å². The van der Waals surface area contributed by atoms with Crippen molar-refractivity contribution in [1.29, 1.82) is 0 Å². The van der Waals surface area contributed by atoms with Gasteiger partial charge in [-0.3, -0.25) is 4.79 Å². The van der Waals surface area contributed by atoms with E-state index in [-0.39, 0.29) is 11.5 Å². The summed E-state index contributed by atoms with van der Waals surface area (Å²) < 4.78 is 27.2. The predicted molar refractivity (Wildman–Crippen MR) is 142 cm³/mol. The maximum absolute atomic E-state index is 12.8. The first kappa shape index (κ1) is 26.8. The number of anilines is 1. The Balaban J connectivity index is 1.96. The topological polar surface area (TPSA) is 116 Å². The third kappa shape index (κ3) is 6.26. The summed E-state index contributed by atoms with van der Waals surface area (Å²) in [4.78, 5) is 12.8. The summed E-state index contributed by atoms with van der Waals surface area (Å²) in [5.74, 6) is 1.31. The van der Waals surface area contributed by atoms with Crippen molar-refractivity contribution in [2.75, 3.05) is 40.9 Å². The van der Waals surface area contributed by atoms with Crippen LogP contribution in [-0.4, -0.2) is 51.7 Å². The number of hydrogen-bond donors (Lipinski definition) is 3. The van der Waals surface area contributed by atoms with Crippen molar-refractivity contribution in [2.45, 2.75) is 0 Å². The van der Waals surface area contributed by atoms with Crippen LogP contribution in [0.25, 0.3) is 18.2 Å². The molecule has 3 aromatic carbocycles. The summed E-state index contributed by atoms with van der Waals surface area (Å²) in [7, 11) is 7.61. The summed E-state index contributed by atoms with van der Waals surface area (Å²) in [6, 6.07) is 11.4. The Kier molecular flexibility index (Phi) is 8.88. The number of benzene rings is 3. The van der Waals surface area contributed by atoms with Crippen LogP contribution >= 0.6 is 0 Å². The minimum Gasteiger partial charge on any atom is -0.504 e. The lowest BCUT2D eigenvalue weighted by atomic mass is 10.1. The largest absolute Gasteiger partial charge is 0.504 e. The minimum absolute atomic E-state index is 0.244. The van der Waals surface area contributed by atoms with Crippen LogP contribution in [0.15, 0.2) is 48.5 Å². The number of amides is 1. The average molecular weight is 508 g/mol. The summed E-state index contributed by atoms with van der Waals surface area (Å²) in [6.07, 6.45) is 6.44. The molecule has 0 aliphatic rings. The van der Waals surface area contributed by atoms with Crippen molar-refractivity contribution in [3.63, 3.8) is 0 Å². The predicted octanol–water partition coefficient (Wildman–Crippen LogP) is 4.96. The molecule has 0 unspecified atom stereocenters. The fourth-order valence-electron chi connectivity index (χ4n) is 3.57. The van der Waals surface area contributed by atoms with Crippen LogP contribution in [0.3, 0.4) is 0 Å². The maximum Gasteiger partial charge on any atom is 0.248 e. The normalized spacial score (nSPS) is 10.9. The molecule has 0 heterocycles. The van der Waals surface area contributed by atoms with Gasteiger partial charge in [0.1, 0.15) is 0 Å². The molecule has 3 aromatic rings. The molecule has 37 heavy (non-hydrogen) atoms. The van der Waals surface area contributed by atoms with Crippen LogP contribution in [0.2, 0.25) is 0 Å². The molecule has 0 saturated carbocycles. The summed E-state index contributed by atoms with van der Waals surface area (Å²) >= 11 is 0. The van der Waals surface area contributed by atoms with Gasteiger partial charge in [-0.1, -0.05) is 18.2 Å². The molecule has 0 saturated heterocycles. The van der Waals surface area contributed by atoms with E-state index in [9.17, 15) is 15.0 Å². The smallest absolute Gasteiger partial charge is 0.248 e. The Hall–Kier alpha value is -4.79. The van der Waals surface area contributed by atoms with E-state index in [1.54, 1.807) is 50.6 Å². The molecule has 9 heteroatoms. The molecular formula is C28H29NO8. The fourth-order valence-corrected chi connectivity index (χ4v) is 3.57. The van der Waals surface area contributed by atoms with E-state index in [0.717, 1.165) is 5.56 Å². The molecule has 0 aliphatic heterocycles. The molecule has 9 nitrogen and oxygen atoms in total. The molecule has 0 radical (unpaired) electrons. The zero-order chi connectivity index (χ0) is 26.9. The second kappa shape index (κ2) is 12.3. The Bertz CT molecular complexity index is 1300. The minimum atomic E-state index is -0.443. The van der Waals surface area contributed by atoms with Crippen molar-refractivity contribution in [1.82, 2.24) is 0 Å². The number of ether oxygens (including phenoxy) is 5. The van der Waals surface area contributed by atoms with Crippen molar-refractivity contribution < 1.29 is 38.7 Å². The highest BCUT2D eigenvalue weighted by molar-refractivity contribution is 6.04. The quantitative estimate of drug-likeness (QED) is 0.200. The number of aromatic hydroxyl groups is 2. The monoisotopic (exact) mass is 507 g/mol. The van der Waals surface area contributed by atoms with E-state index in [4.69, 9.17) is 23.7 Å². The number of methoxy groups -OCH3 is 5. The van der Waals surface area contributed by atoms with E-state index in [1.807, 2.05) is 6.08 Å². The van der Waals surface area contributed by atoms with Gasteiger partial charge < -0.3 is 39.2 Å². The third-order valence-electron chi connectivity index (χ3n) is 5.40.